The monoisotopic (exact) mass is 385 g/mol. The minimum absolute atomic E-state index is 0.114. The van der Waals surface area contributed by atoms with Crippen molar-refractivity contribution >= 4 is 15.9 Å². The lowest BCUT2D eigenvalue weighted by molar-refractivity contribution is 0.228. The van der Waals surface area contributed by atoms with E-state index in [2.05, 4.69) is 37.5 Å². The Kier molecular flexibility index (Phi) is 7.62. The molecule has 2 N–H and O–H groups in total. The van der Waals surface area contributed by atoms with E-state index in [4.69, 9.17) is 9.47 Å². The second-order valence-electron chi connectivity index (χ2n) is 6.04. The maximum atomic E-state index is 5.82. The van der Waals surface area contributed by atoms with E-state index in [1.165, 1.54) is 5.56 Å². The molecule has 1 aliphatic heterocycles. The third-order valence-corrected chi connectivity index (χ3v) is 4.38. The van der Waals surface area contributed by atoms with Gasteiger partial charge in [0, 0.05) is 45.8 Å². The van der Waals surface area contributed by atoms with Crippen molar-refractivity contribution < 1.29 is 9.47 Å². The maximum absolute atomic E-state index is 5.82. The van der Waals surface area contributed by atoms with E-state index in [0.29, 0.717) is 0 Å². The Hall–Kier alpha value is -0.820. The highest BCUT2D eigenvalue weighted by Crippen LogP contribution is 2.37. The van der Waals surface area contributed by atoms with Gasteiger partial charge in [0.1, 0.15) is 0 Å². The van der Waals surface area contributed by atoms with Gasteiger partial charge in [-0.3, -0.25) is 4.90 Å². The maximum Gasteiger partial charge on any atom is 0.175 e. The van der Waals surface area contributed by atoms with Gasteiger partial charge in [-0.2, -0.15) is 0 Å². The molecule has 1 aromatic carbocycles. The van der Waals surface area contributed by atoms with Gasteiger partial charge < -0.3 is 20.1 Å². The summed E-state index contributed by atoms with van der Waals surface area (Å²) in [5, 5.41) is 6.88. The Bertz CT molecular complexity index is 491. The highest BCUT2D eigenvalue weighted by atomic mass is 79.9. The fraction of sp³-hybridized carbons (Fsp3) is 0.647. The summed E-state index contributed by atoms with van der Waals surface area (Å²) in [6, 6.07) is 4.14. The largest absolute Gasteiger partial charge is 0.493 e. The average molecular weight is 386 g/mol. The van der Waals surface area contributed by atoms with E-state index < -0.39 is 0 Å². The molecule has 1 aliphatic rings. The Morgan fingerprint density at radius 1 is 1.30 bits per heavy atom. The number of nitrogens with zero attached hydrogens (tertiary/aromatic N) is 1. The second-order valence-corrected chi connectivity index (χ2v) is 6.90. The van der Waals surface area contributed by atoms with E-state index in [9.17, 15) is 0 Å². The van der Waals surface area contributed by atoms with E-state index in [0.717, 1.165) is 61.8 Å². The number of hydrogen-bond acceptors (Lipinski definition) is 5. The number of rotatable bonds is 8. The molecule has 0 atom stereocenters. The first-order chi connectivity index (χ1) is 11.1. The molecule has 23 heavy (non-hydrogen) atoms. The first kappa shape index (κ1) is 18.5. The van der Waals surface area contributed by atoms with Crippen LogP contribution < -0.4 is 20.1 Å². The van der Waals surface area contributed by atoms with Crippen LogP contribution in [0.3, 0.4) is 0 Å². The molecule has 0 saturated carbocycles. The van der Waals surface area contributed by atoms with Gasteiger partial charge in [0.2, 0.25) is 0 Å². The van der Waals surface area contributed by atoms with E-state index in [-0.39, 0.29) is 6.10 Å². The molecule has 130 valence electrons. The van der Waals surface area contributed by atoms with E-state index >= 15 is 0 Å². The molecule has 1 fully saturated rings. The van der Waals surface area contributed by atoms with Crippen LogP contribution in [0.25, 0.3) is 0 Å². The first-order valence-corrected chi connectivity index (χ1v) is 9.06. The predicted octanol–water partition coefficient (Wildman–Crippen LogP) is 2.24. The molecular formula is C17H28BrN3O2. The minimum atomic E-state index is 0.114. The van der Waals surface area contributed by atoms with Crippen molar-refractivity contribution in [2.24, 2.45) is 0 Å². The van der Waals surface area contributed by atoms with Crippen LogP contribution in [-0.4, -0.2) is 57.4 Å². The lowest BCUT2D eigenvalue weighted by atomic mass is 10.2. The van der Waals surface area contributed by atoms with Gasteiger partial charge in [-0.1, -0.05) is 0 Å². The lowest BCUT2D eigenvalue weighted by Crippen LogP contribution is -2.45. The number of piperazine rings is 1. The third kappa shape index (κ3) is 5.95. The molecule has 6 heteroatoms. The summed E-state index contributed by atoms with van der Waals surface area (Å²) in [6.45, 7) is 11.4. The van der Waals surface area contributed by atoms with Gasteiger partial charge in [-0.05, 0) is 47.5 Å². The van der Waals surface area contributed by atoms with Crippen molar-refractivity contribution in [1.82, 2.24) is 15.5 Å². The fourth-order valence-electron chi connectivity index (χ4n) is 2.63. The molecule has 0 aliphatic carbocycles. The Morgan fingerprint density at radius 3 is 2.70 bits per heavy atom. The lowest BCUT2D eigenvalue weighted by Gasteiger charge is -2.27. The van der Waals surface area contributed by atoms with Gasteiger partial charge in [-0.15, -0.1) is 0 Å². The smallest absolute Gasteiger partial charge is 0.175 e. The van der Waals surface area contributed by atoms with Crippen LogP contribution in [0.1, 0.15) is 19.4 Å². The molecule has 0 aromatic heterocycles. The second kappa shape index (κ2) is 9.47. The summed E-state index contributed by atoms with van der Waals surface area (Å²) in [6.07, 6.45) is 0.114. The topological polar surface area (TPSA) is 45.8 Å². The van der Waals surface area contributed by atoms with Crippen LogP contribution in [0.2, 0.25) is 0 Å². The number of ether oxygens (including phenoxy) is 2. The molecule has 1 aromatic rings. The summed E-state index contributed by atoms with van der Waals surface area (Å²) in [5.74, 6) is 1.54. The SMILES string of the molecule is COc1cc(CNCCN2CCNCC2)cc(Br)c1OC(C)C. The standard InChI is InChI=1S/C17H28BrN3O2/c1-13(2)23-17-15(18)10-14(11-16(17)22-3)12-20-6-9-21-7-4-19-5-8-21/h10-11,13,19-20H,4-9,12H2,1-3H3. The zero-order valence-electron chi connectivity index (χ0n) is 14.3. The van der Waals surface area contributed by atoms with Crippen LogP contribution in [-0.2, 0) is 6.54 Å². The summed E-state index contributed by atoms with van der Waals surface area (Å²) < 4.78 is 12.2. The number of hydrogen-bond donors (Lipinski definition) is 2. The number of methoxy groups -OCH3 is 1. The van der Waals surface area contributed by atoms with Gasteiger partial charge in [0.25, 0.3) is 0 Å². The predicted molar refractivity (Wildman–Crippen MR) is 97.5 cm³/mol. The van der Waals surface area contributed by atoms with Crippen LogP contribution in [0, 0.1) is 0 Å². The number of nitrogens with one attached hydrogen (secondary N) is 2. The van der Waals surface area contributed by atoms with Crippen LogP contribution in [0.4, 0.5) is 0 Å². The van der Waals surface area contributed by atoms with Gasteiger partial charge in [0.15, 0.2) is 11.5 Å². The Morgan fingerprint density at radius 2 is 2.04 bits per heavy atom. The Labute approximate surface area is 147 Å². The van der Waals surface area contributed by atoms with E-state index in [1.807, 2.05) is 19.9 Å². The van der Waals surface area contributed by atoms with Gasteiger partial charge >= 0.3 is 0 Å². The van der Waals surface area contributed by atoms with Crippen molar-refractivity contribution in [3.05, 3.63) is 22.2 Å². The normalized spacial score (nSPS) is 15.9. The molecule has 1 saturated heterocycles. The van der Waals surface area contributed by atoms with Crippen LogP contribution >= 0.6 is 15.9 Å². The Balaban J connectivity index is 1.86. The number of halogens is 1. The summed E-state index contributed by atoms with van der Waals surface area (Å²) in [5.41, 5.74) is 1.19. The quantitative estimate of drug-likeness (QED) is 0.671. The molecule has 1 heterocycles. The molecule has 0 unspecified atom stereocenters. The zero-order chi connectivity index (χ0) is 16.7. The highest BCUT2D eigenvalue weighted by molar-refractivity contribution is 9.10. The van der Waals surface area contributed by atoms with Crippen molar-refractivity contribution in [2.75, 3.05) is 46.4 Å². The van der Waals surface area contributed by atoms with Crippen molar-refractivity contribution in [3.63, 3.8) is 0 Å². The first-order valence-electron chi connectivity index (χ1n) is 8.27. The third-order valence-electron chi connectivity index (χ3n) is 3.79. The average Bonchev–Trinajstić information content (AvgIpc) is 2.54. The molecular weight excluding hydrogens is 358 g/mol. The molecule has 2 rings (SSSR count). The molecule has 0 spiro atoms. The summed E-state index contributed by atoms with van der Waals surface area (Å²) in [4.78, 5) is 2.49. The molecule has 5 nitrogen and oxygen atoms in total. The van der Waals surface area contributed by atoms with Crippen molar-refractivity contribution in [1.29, 1.82) is 0 Å². The highest BCUT2D eigenvalue weighted by Gasteiger charge is 2.13. The van der Waals surface area contributed by atoms with Crippen molar-refractivity contribution in [3.8, 4) is 11.5 Å². The van der Waals surface area contributed by atoms with Crippen molar-refractivity contribution in [2.45, 2.75) is 26.5 Å². The minimum Gasteiger partial charge on any atom is -0.493 e. The fourth-order valence-corrected chi connectivity index (χ4v) is 3.21. The van der Waals surface area contributed by atoms with Gasteiger partial charge in [-0.25, -0.2) is 0 Å². The number of benzene rings is 1. The molecule has 0 amide bonds. The van der Waals surface area contributed by atoms with Gasteiger partial charge in [0.05, 0.1) is 17.7 Å². The summed E-state index contributed by atoms with van der Waals surface area (Å²) in [7, 11) is 1.68. The summed E-state index contributed by atoms with van der Waals surface area (Å²) >= 11 is 3.59. The molecule has 0 radical (unpaired) electrons. The van der Waals surface area contributed by atoms with E-state index in [1.54, 1.807) is 7.11 Å². The van der Waals surface area contributed by atoms with Crippen LogP contribution in [0.15, 0.2) is 16.6 Å². The zero-order valence-corrected chi connectivity index (χ0v) is 15.9. The molecule has 0 bridgehead atoms. The van der Waals surface area contributed by atoms with Crippen LogP contribution in [0.5, 0.6) is 11.5 Å².